The molecule has 0 saturated carbocycles. The lowest BCUT2D eigenvalue weighted by atomic mass is 10.2. The van der Waals surface area contributed by atoms with Gasteiger partial charge in [0.15, 0.2) is 16.7 Å². The van der Waals surface area contributed by atoms with E-state index in [0.717, 1.165) is 41.5 Å². The third kappa shape index (κ3) is 5.50. The van der Waals surface area contributed by atoms with Gasteiger partial charge in [-0.2, -0.15) is 8.42 Å². The fraction of sp³-hybridized carbons (Fsp3) is 0.333. The quantitative estimate of drug-likeness (QED) is 0.385. The average molecular weight is 481 g/mol. The second-order valence-corrected chi connectivity index (χ2v) is 10.3. The number of rotatable bonds is 9. The third-order valence-corrected chi connectivity index (χ3v) is 8.15. The molecular weight excluding hydrogens is 456 g/mol. The summed E-state index contributed by atoms with van der Waals surface area (Å²) in [6, 6.07) is 8.57. The Bertz CT molecular complexity index is 1090. The van der Waals surface area contributed by atoms with Crippen LogP contribution < -0.4 is 9.47 Å². The predicted octanol–water partition coefficient (Wildman–Crippen LogP) is 4.62. The molecular formula is C21H24N2O5S3. The first-order valence-electron chi connectivity index (χ1n) is 9.80. The molecule has 1 aliphatic heterocycles. The van der Waals surface area contributed by atoms with Gasteiger partial charge in [-0.3, -0.25) is 9.69 Å². The van der Waals surface area contributed by atoms with Crippen LogP contribution in [0.1, 0.15) is 32.3 Å². The van der Waals surface area contributed by atoms with Gasteiger partial charge in [0.1, 0.15) is 4.21 Å². The highest BCUT2D eigenvalue weighted by Gasteiger charge is 2.34. The number of likely N-dealkylation sites (N-methyl/N-ethyl adjacent to an activating group) is 1. The van der Waals surface area contributed by atoms with Crippen LogP contribution in [0.5, 0.6) is 11.5 Å². The Morgan fingerprint density at radius 2 is 2.00 bits per heavy atom. The van der Waals surface area contributed by atoms with E-state index in [1.54, 1.807) is 43.7 Å². The van der Waals surface area contributed by atoms with Gasteiger partial charge in [0, 0.05) is 6.54 Å². The molecule has 166 valence electrons. The Hall–Kier alpha value is -2.30. The van der Waals surface area contributed by atoms with Gasteiger partial charge in [0.05, 0.1) is 18.6 Å². The first kappa shape index (κ1) is 23.4. The van der Waals surface area contributed by atoms with Crippen LogP contribution in [0.3, 0.4) is 0 Å². The molecule has 3 rings (SSSR count). The molecule has 0 radical (unpaired) electrons. The van der Waals surface area contributed by atoms with Crippen molar-refractivity contribution in [1.82, 2.24) is 4.90 Å². The van der Waals surface area contributed by atoms with E-state index in [-0.39, 0.29) is 15.3 Å². The molecule has 1 amide bonds. The molecule has 0 bridgehead atoms. The molecule has 1 aromatic carbocycles. The number of carbonyl (C=O) groups is 1. The Kier molecular flexibility index (Phi) is 7.79. The SMILES string of the molecule is CCCCOc1ccc(/C=C2\S/C(=N/S(=O)(=O)c3cccs3)N(CC)C2=O)cc1OC. The number of ether oxygens (including phenoxy) is 2. The second-order valence-electron chi connectivity index (χ2n) is 6.55. The van der Waals surface area contributed by atoms with E-state index in [2.05, 4.69) is 11.3 Å². The van der Waals surface area contributed by atoms with Gasteiger partial charge in [-0.15, -0.1) is 15.7 Å². The van der Waals surface area contributed by atoms with Crippen LogP contribution in [0.25, 0.3) is 6.08 Å². The minimum Gasteiger partial charge on any atom is -0.493 e. The van der Waals surface area contributed by atoms with E-state index in [0.29, 0.717) is 29.6 Å². The number of carbonyl (C=O) groups excluding carboxylic acids is 1. The first-order valence-corrected chi connectivity index (χ1v) is 12.9. The van der Waals surface area contributed by atoms with Gasteiger partial charge >= 0.3 is 0 Å². The molecule has 1 aliphatic rings. The molecule has 1 aromatic heterocycles. The third-order valence-electron chi connectivity index (χ3n) is 4.39. The average Bonchev–Trinajstić information content (AvgIpc) is 3.38. The minimum atomic E-state index is -3.86. The number of thiophene rings is 1. The molecule has 0 N–H and O–H groups in total. The number of hydrogen-bond donors (Lipinski definition) is 0. The minimum absolute atomic E-state index is 0.143. The standard InChI is InChI=1S/C21H24N2O5S3/c1-4-6-11-28-16-10-9-15(13-17(16)27-3)14-18-20(24)23(5-2)21(30-18)22-31(25,26)19-8-7-12-29-19/h7-10,12-14H,4-6,11H2,1-3H3/b18-14-,22-21+. The molecule has 0 aliphatic carbocycles. The second kappa shape index (κ2) is 10.3. The lowest BCUT2D eigenvalue weighted by molar-refractivity contribution is -0.122. The van der Waals surface area contributed by atoms with Crippen molar-refractivity contribution >= 4 is 50.3 Å². The molecule has 2 heterocycles. The molecule has 7 nitrogen and oxygen atoms in total. The van der Waals surface area contributed by atoms with E-state index in [9.17, 15) is 13.2 Å². The maximum atomic E-state index is 12.8. The van der Waals surface area contributed by atoms with Gasteiger partial charge in [0.2, 0.25) is 0 Å². The molecule has 10 heteroatoms. The first-order chi connectivity index (χ1) is 14.9. The molecule has 31 heavy (non-hydrogen) atoms. The fourth-order valence-electron chi connectivity index (χ4n) is 2.78. The van der Waals surface area contributed by atoms with Crippen molar-refractivity contribution in [2.75, 3.05) is 20.3 Å². The van der Waals surface area contributed by atoms with E-state index in [1.165, 1.54) is 11.0 Å². The van der Waals surface area contributed by atoms with Crippen molar-refractivity contribution in [2.45, 2.75) is 30.9 Å². The van der Waals surface area contributed by atoms with Gasteiger partial charge in [-0.1, -0.05) is 25.5 Å². The van der Waals surface area contributed by atoms with Crippen molar-refractivity contribution in [3.8, 4) is 11.5 Å². The smallest absolute Gasteiger partial charge is 0.294 e. The van der Waals surface area contributed by atoms with Crippen LogP contribution in [0, 0.1) is 0 Å². The van der Waals surface area contributed by atoms with Gasteiger partial charge < -0.3 is 9.47 Å². The van der Waals surface area contributed by atoms with Crippen molar-refractivity contribution in [1.29, 1.82) is 0 Å². The summed E-state index contributed by atoms with van der Waals surface area (Å²) in [5, 5.41) is 1.82. The number of unbranched alkanes of at least 4 members (excludes halogenated alkanes) is 1. The highest BCUT2D eigenvalue weighted by Crippen LogP contribution is 2.35. The molecule has 0 spiro atoms. The molecule has 1 saturated heterocycles. The van der Waals surface area contributed by atoms with Crippen LogP contribution in [0.15, 0.2) is 49.2 Å². The summed E-state index contributed by atoms with van der Waals surface area (Å²) in [5.74, 6) is 0.931. The zero-order valence-corrected chi connectivity index (χ0v) is 20.0. The van der Waals surface area contributed by atoms with Crippen molar-refractivity contribution in [2.24, 2.45) is 4.40 Å². The molecule has 0 unspecified atom stereocenters. The van der Waals surface area contributed by atoms with Gasteiger partial charge in [-0.05, 0) is 60.3 Å². The fourth-order valence-corrected chi connectivity index (χ4v) is 6.00. The zero-order chi connectivity index (χ0) is 22.4. The summed E-state index contributed by atoms with van der Waals surface area (Å²) in [7, 11) is -2.30. The number of amidine groups is 1. The number of hydrogen-bond acceptors (Lipinski definition) is 7. The lowest BCUT2D eigenvalue weighted by Crippen LogP contribution is -2.29. The molecule has 0 atom stereocenters. The number of benzene rings is 1. The van der Waals surface area contributed by atoms with Gasteiger partial charge in [-0.25, -0.2) is 0 Å². The van der Waals surface area contributed by atoms with Crippen molar-refractivity contribution < 1.29 is 22.7 Å². The van der Waals surface area contributed by atoms with Crippen LogP contribution in [0.2, 0.25) is 0 Å². The zero-order valence-electron chi connectivity index (χ0n) is 17.5. The van der Waals surface area contributed by atoms with E-state index < -0.39 is 10.0 Å². The van der Waals surface area contributed by atoms with Crippen LogP contribution in [-0.4, -0.2) is 44.7 Å². The van der Waals surface area contributed by atoms with E-state index >= 15 is 0 Å². The predicted molar refractivity (Wildman–Crippen MR) is 125 cm³/mol. The van der Waals surface area contributed by atoms with E-state index in [4.69, 9.17) is 9.47 Å². The summed E-state index contributed by atoms with van der Waals surface area (Å²) in [6.07, 6.45) is 3.68. The Balaban J connectivity index is 1.88. The monoisotopic (exact) mass is 480 g/mol. The normalized spacial score (nSPS) is 17.0. The van der Waals surface area contributed by atoms with Crippen molar-refractivity contribution in [3.63, 3.8) is 0 Å². The Morgan fingerprint density at radius 3 is 2.65 bits per heavy atom. The summed E-state index contributed by atoms with van der Waals surface area (Å²) in [4.78, 5) is 14.6. The summed E-state index contributed by atoms with van der Waals surface area (Å²) in [6.45, 7) is 4.79. The largest absolute Gasteiger partial charge is 0.493 e. The Morgan fingerprint density at radius 1 is 1.19 bits per heavy atom. The molecule has 2 aromatic rings. The van der Waals surface area contributed by atoms with Crippen LogP contribution in [0.4, 0.5) is 0 Å². The topological polar surface area (TPSA) is 85.3 Å². The number of nitrogens with zero attached hydrogens (tertiary/aromatic N) is 2. The number of sulfonamides is 1. The van der Waals surface area contributed by atoms with E-state index in [1.807, 2.05) is 6.07 Å². The number of amides is 1. The maximum Gasteiger partial charge on any atom is 0.294 e. The summed E-state index contributed by atoms with van der Waals surface area (Å²) >= 11 is 2.14. The number of thioether (sulfide) groups is 1. The number of methoxy groups -OCH3 is 1. The maximum absolute atomic E-state index is 12.8. The van der Waals surface area contributed by atoms with Crippen molar-refractivity contribution in [3.05, 3.63) is 46.2 Å². The van der Waals surface area contributed by atoms with Crippen LogP contribution >= 0.6 is 23.1 Å². The lowest BCUT2D eigenvalue weighted by Gasteiger charge is -2.12. The van der Waals surface area contributed by atoms with Crippen LogP contribution in [-0.2, 0) is 14.8 Å². The highest BCUT2D eigenvalue weighted by molar-refractivity contribution is 8.19. The molecule has 1 fully saturated rings. The summed E-state index contributed by atoms with van der Waals surface area (Å²) < 4.78 is 40.3. The Labute approximate surface area is 190 Å². The van der Waals surface area contributed by atoms with Gasteiger partial charge in [0.25, 0.3) is 15.9 Å². The highest BCUT2D eigenvalue weighted by atomic mass is 32.2. The summed E-state index contributed by atoms with van der Waals surface area (Å²) in [5.41, 5.74) is 0.744.